The molecular formula is C21H23ClFN3O3. The fourth-order valence-electron chi connectivity index (χ4n) is 3.78. The number of morpholine rings is 1. The molecule has 6 nitrogen and oxygen atoms in total. The molecule has 1 fully saturated rings. The predicted octanol–water partition coefficient (Wildman–Crippen LogP) is 2.63. The van der Waals surface area contributed by atoms with Gasteiger partial charge in [-0.15, -0.1) is 0 Å². The van der Waals surface area contributed by atoms with E-state index in [0.717, 1.165) is 17.7 Å². The van der Waals surface area contributed by atoms with E-state index >= 15 is 0 Å². The number of nitrogens with zero attached hydrogens (tertiary/aromatic N) is 1. The molecule has 2 aromatic carbocycles. The second-order valence-electron chi connectivity index (χ2n) is 7.29. The summed E-state index contributed by atoms with van der Waals surface area (Å²) in [5.41, 5.74) is 8.56. The van der Waals surface area contributed by atoms with E-state index in [1.807, 2.05) is 6.07 Å². The average Bonchev–Trinajstić information content (AvgIpc) is 3.19. The molecule has 1 unspecified atom stereocenters. The van der Waals surface area contributed by atoms with Gasteiger partial charge in [-0.25, -0.2) is 4.39 Å². The molecule has 3 N–H and O–H groups in total. The van der Waals surface area contributed by atoms with Crippen LogP contribution in [0.5, 0.6) is 5.75 Å². The number of nitrogens with two attached hydrogens (primary N) is 1. The molecule has 0 aromatic heterocycles. The Balaban J connectivity index is 1.36. The Morgan fingerprint density at radius 2 is 2.21 bits per heavy atom. The van der Waals surface area contributed by atoms with E-state index in [9.17, 15) is 9.18 Å². The van der Waals surface area contributed by atoms with Gasteiger partial charge in [0.2, 0.25) is 0 Å². The Morgan fingerprint density at radius 3 is 3.03 bits per heavy atom. The predicted molar refractivity (Wildman–Crippen MR) is 109 cm³/mol. The van der Waals surface area contributed by atoms with E-state index in [1.165, 1.54) is 12.1 Å². The summed E-state index contributed by atoms with van der Waals surface area (Å²) in [4.78, 5) is 14.9. The number of carbonyl (C=O) groups excluding carboxylic acids is 1. The smallest absolute Gasteiger partial charge is 0.255 e. The minimum absolute atomic E-state index is 0.153. The minimum Gasteiger partial charge on any atom is -0.492 e. The Morgan fingerprint density at radius 1 is 1.34 bits per heavy atom. The molecule has 0 aliphatic carbocycles. The normalized spacial score (nSPS) is 18.9. The highest BCUT2D eigenvalue weighted by molar-refractivity contribution is 6.33. The van der Waals surface area contributed by atoms with Crippen molar-refractivity contribution in [2.75, 3.05) is 38.6 Å². The quantitative estimate of drug-likeness (QED) is 0.728. The van der Waals surface area contributed by atoms with Gasteiger partial charge < -0.3 is 20.5 Å². The van der Waals surface area contributed by atoms with Gasteiger partial charge in [-0.1, -0.05) is 23.7 Å². The first-order chi connectivity index (χ1) is 14.0. The number of ether oxygens (including phenoxy) is 2. The third-order valence-corrected chi connectivity index (χ3v) is 5.54. The van der Waals surface area contributed by atoms with Crippen molar-refractivity contribution in [2.45, 2.75) is 19.1 Å². The zero-order valence-electron chi connectivity index (χ0n) is 15.9. The molecule has 0 spiro atoms. The third kappa shape index (κ3) is 4.47. The Labute approximate surface area is 173 Å². The van der Waals surface area contributed by atoms with Crippen molar-refractivity contribution in [1.29, 1.82) is 0 Å². The number of hydrogen-bond acceptors (Lipinski definition) is 5. The highest BCUT2D eigenvalue weighted by Gasteiger charge is 2.26. The number of benzene rings is 2. The molecular weight excluding hydrogens is 397 g/mol. The first-order valence-corrected chi connectivity index (χ1v) is 9.99. The first kappa shape index (κ1) is 19.9. The summed E-state index contributed by atoms with van der Waals surface area (Å²) in [5, 5.41) is 3.26. The van der Waals surface area contributed by atoms with E-state index in [4.69, 9.17) is 26.8 Å². The van der Waals surface area contributed by atoms with Crippen LogP contribution in [0.3, 0.4) is 0 Å². The van der Waals surface area contributed by atoms with E-state index < -0.39 is 0 Å². The number of halogens is 2. The fourth-order valence-corrected chi connectivity index (χ4v) is 4.00. The zero-order valence-corrected chi connectivity index (χ0v) is 16.7. The number of amides is 1. The second-order valence-corrected chi connectivity index (χ2v) is 7.70. The van der Waals surface area contributed by atoms with Gasteiger partial charge in [-0.05, 0) is 23.8 Å². The molecule has 1 amide bonds. The maximum absolute atomic E-state index is 13.4. The molecule has 1 atom stereocenters. The van der Waals surface area contributed by atoms with E-state index in [0.29, 0.717) is 61.3 Å². The number of carbonyl (C=O) groups is 1. The standard InChI is InChI=1S/C21H23ClFN3O3/c22-18-9-17(20-16(19(18)24)4-6-29-20)21(27)25-10-15-12-26(5-7-28-15)11-13-2-1-3-14(23)8-13/h1-3,8-9,15H,4-7,10-12,24H2,(H,25,27). The second kappa shape index (κ2) is 8.57. The third-order valence-electron chi connectivity index (χ3n) is 5.22. The molecule has 2 aliphatic rings. The van der Waals surface area contributed by atoms with Gasteiger partial charge in [0.05, 0.1) is 35.6 Å². The number of nitrogen functional groups attached to an aromatic ring is 1. The Bertz CT molecular complexity index is 924. The number of anilines is 1. The molecule has 2 heterocycles. The van der Waals surface area contributed by atoms with Gasteiger partial charge in [0.25, 0.3) is 5.91 Å². The molecule has 29 heavy (non-hydrogen) atoms. The van der Waals surface area contributed by atoms with Gasteiger partial charge in [-0.2, -0.15) is 0 Å². The maximum atomic E-state index is 13.4. The first-order valence-electron chi connectivity index (χ1n) is 9.61. The van der Waals surface area contributed by atoms with E-state index in [-0.39, 0.29) is 17.8 Å². The zero-order chi connectivity index (χ0) is 20.4. The topological polar surface area (TPSA) is 76.8 Å². The van der Waals surface area contributed by atoms with Crippen molar-refractivity contribution in [3.8, 4) is 5.75 Å². The summed E-state index contributed by atoms with van der Waals surface area (Å²) in [6.45, 7) is 3.45. The molecule has 154 valence electrons. The van der Waals surface area contributed by atoms with Crippen LogP contribution in [0.1, 0.15) is 21.5 Å². The van der Waals surface area contributed by atoms with Gasteiger partial charge in [0.1, 0.15) is 11.6 Å². The summed E-state index contributed by atoms with van der Waals surface area (Å²) in [6, 6.07) is 8.14. The van der Waals surface area contributed by atoms with Crippen LogP contribution in [0, 0.1) is 5.82 Å². The number of hydrogen-bond donors (Lipinski definition) is 2. The number of nitrogens with one attached hydrogen (secondary N) is 1. The minimum atomic E-state index is -0.268. The van der Waals surface area contributed by atoms with Crippen LogP contribution in [-0.4, -0.2) is 49.8 Å². The largest absolute Gasteiger partial charge is 0.492 e. The van der Waals surface area contributed by atoms with Gasteiger partial charge in [0, 0.05) is 38.2 Å². The summed E-state index contributed by atoms with van der Waals surface area (Å²) in [5.74, 6) is 0.00841. The molecule has 8 heteroatoms. The highest BCUT2D eigenvalue weighted by Crippen LogP contribution is 2.38. The molecule has 0 saturated carbocycles. The molecule has 0 bridgehead atoms. The molecule has 2 aliphatic heterocycles. The SMILES string of the molecule is Nc1c(Cl)cc(C(=O)NCC2CN(Cc3cccc(F)c3)CCO2)c2c1CCO2. The van der Waals surface area contributed by atoms with E-state index in [1.54, 1.807) is 12.1 Å². The van der Waals surface area contributed by atoms with E-state index in [2.05, 4.69) is 10.2 Å². The number of rotatable bonds is 5. The van der Waals surface area contributed by atoms with Crippen LogP contribution in [0.2, 0.25) is 5.02 Å². The molecule has 1 saturated heterocycles. The fraction of sp³-hybridized carbons (Fsp3) is 0.381. The van der Waals surface area contributed by atoms with Crippen molar-refractivity contribution >= 4 is 23.2 Å². The van der Waals surface area contributed by atoms with Crippen molar-refractivity contribution in [1.82, 2.24) is 10.2 Å². The lowest BCUT2D eigenvalue weighted by atomic mass is 10.1. The van der Waals surface area contributed by atoms with Crippen LogP contribution < -0.4 is 15.8 Å². The highest BCUT2D eigenvalue weighted by atomic mass is 35.5. The Kier molecular flexibility index (Phi) is 5.89. The van der Waals surface area contributed by atoms with Crippen LogP contribution in [0.4, 0.5) is 10.1 Å². The van der Waals surface area contributed by atoms with Crippen LogP contribution in [-0.2, 0) is 17.7 Å². The average molecular weight is 420 g/mol. The van der Waals surface area contributed by atoms with Crippen LogP contribution in [0.25, 0.3) is 0 Å². The molecule has 0 radical (unpaired) electrons. The molecule has 2 aromatic rings. The van der Waals surface area contributed by atoms with Gasteiger partial charge in [0.15, 0.2) is 0 Å². The van der Waals surface area contributed by atoms with Crippen LogP contribution in [0.15, 0.2) is 30.3 Å². The van der Waals surface area contributed by atoms with Crippen molar-refractivity contribution in [3.63, 3.8) is 0 Å². The summed E-state index contributed by atoms with van der Waals surface area (Å²) >= 11 is 6.18. The van der Waals surface area contributed by atoms with Crippen LogP contribution >= 0.6 is 11.6 Å². The van der Waals surface area contributed by atoms with Gasteiger partial charge in [-0.3, -0.25) is 9.69 Å². The maximum Gasteiger partial charge on any atom is 0.255 e. The van der Waals surface area contributed by atoms with Crippen molar-refractivity contribution < 1.29 is 18.7 Å². The lowest BCUT2D eigenvalue weighted by Crippen LogP contribution is -2.47. The summed E-state index contributed by atoms with van der Waals surface area (Å²) in [7, 11) is 0. The number of fused-ring (bicyclic) bond motifs is 1. The van der Waals surface area contributed by atoms with Crippen molar-refractivity contribution in [2.24, 2.45) is 0 Å². The summed E-state index contributed by atoms with van der Waals surface area (Å²) in [6.07, 6.45) is 0.488. The molecule has 4 rings (SSSR count). The Hall–Kier alpha value is -2.35. The van der Waals surface area contributed by atoms with Gasteiger partial charge >= 0.3 is 0 Å². The lowest BCUT2D eigenvalue weighted by Gasteiger charge is -2.33. The summed E-state index contributed by atoms with van der Waals surface area (Å²) < 4.78 is 24.8. The monoisotopic (exact) mass is 419 g/mol. The van der Waals surface area contributed by atoms with Crippen molar-refractivity contribution in [3.05, 3.63) is 57.9 Å². The lowest BCUT2D eigenvalue weighted by molar-refractivity contribution is -0.0293.